The van der Waals surface area contributed by atoms with E-state index >= 15 is 0 Å². The van der Waals surface area contributed by atoms with Gasteiger partial charge in [-0.15, -0.1) is 0 Å². The van der Waals surface area contributed by atoms with Crippen molar-refractivity contribution in [1.82, 2.24) is 0 Å². The fraction of sp³-hybridized carbons (Fsp3) is 0.800. The Labute approximate surface area is 113 Å². The van der Waals surface area contributed by atoms with Crippen LogP contribution in [0.2, 0.25) is 0 Å². The van der Waals surface area contributed by atoms with Gasteiger partial charge in [-0.2, -0.15) is 0 Å². The first-order valence-electron chi connectivity index (χ1n) is 7.03. The Hall–Kier alpha value is -0.870. The Balaban J connectivity index is 2.12. The highest BCUT2D eigenvalue weighted by Gasteiger charge is 2.63. The van der Waals surface area contributed by atoms with Crippen molar-refractivity contribution in [2.24, 2.45) is 22.7 Å². The summed E-state index contributed by atoms with van der Waals surface area (Å²) in [5.41, 5.74) is 0.587. The predicted octanol–water partition coefficient (Wildman–Crippen LogP) is 1.57. The molecule has 19 heavy (non-hydrogen) atoms. The van der Waals surface area contributed by atoms with Gasteiger partial charge in [0, 0.05) is 5.92 Å². The number of carboxylic acid groups (broad SMARTS) is 1. The van der Waals surface area contributed by atoms with Crippen molar-refractivity contribution in [1.29, 1.82) is 0 Å². The molecule has 0 bridgehead atoms. The second-order valence-corrected chi connectivity index (χ2v) is 7.39. The maximum Gasteiger partial charge on any atom is 0.334 e. The summed E-state index contributed by atoms with van der Waals surface area (Å²) in [6, 6.07) is 0. The molecule has 3 aliphatic carbocycles. The Morgan fingerprint density at radius 3 is 2.37 bits per heavy atom. The van der Waals surface area contributed by atoms with E-state index in [1.165, 1.54) is 0 Å². The normalized spacial score (nSPS) is 47.4. The fourth-order valence-electron chi connectivity index (χ4n) is 4.81. The Morgan fingerprint density at radius 2 is 1.89 bits per heavy atom. The molecule has 3 N–H and O–H groups in total. The first-order chi connectivity index (χ1) is 8.70. The van der Waals surface area contributed by atoms with Gasteiger partial charge in [-0.25, -0.2) is 4.79 Å². The summed E-state index contributed by atoms with van der Waals surface area (Å²) in [7, 11) is 0. The zero-order valence-electron chi connectivity index (χ0n) is 11.7. The largest absolute Gasteiger partial charge is 0.478 e. The van der Waals surface area contributed by atoms with Gasteiger partial charge >= 0.3 is 5.97 Å². The molecule has 0 aromatic rings. The van der Waals surface area contributed by atoms with Crippen molar-refractivity contribution in [2.45, 2.75) is 52.2 Å². The molecule has 106 valence electrons. The molecule has 2 fully saturated rings. The van der Waals surface area contributed by atoms with Crippen LogP contribution in [0, 0.1) is 22.7 Å². The van der Waals surface area contributed by atoms with Crippen LogP contribution >= 0.6 is 0 Å². The summed E-state index contributed by atoms with van der Waals surface area (Å²) in [5, 5.41) is 30.4. The van der Waals surface area contributed by atoms with E-state index in [9.17, 15) is 20.1 Å². The van der Waals surface area contributed by atoms with E-state index in [4.69, 9.17) is 0 Å². The third kappa shape index (κ3) is 1.44. The zero-order valence-corrected chi connectivity index (χ0v) is 11.7. The molecule has 0 radical (unpaired) electrons. The minimum absolute atomic E-state index is 0.00986. The maximum absolute atomic E-state index is 11.4. The maximum atomic E-state index is 11.4. The molecule has 0 unspecified atom stereocenters. The van der Waals surface area contributed by atoms with E-state index in [2.05, 4.69) is 6.92 Å². The van der Waals surface area contributed by atoms with Gasteiger partial charge in [0.2, 0.25) is 0 Å². The highest BCUT2D eigenvalue weighted by molar-refractivity contribution is 5.90. The number of carbonyl (C=O) groups is 1. The van der Waals surface area contributed by atoms with Crippen LogP contribution in [0.1, 0.15) is 40.0 Å². The van der Waals surface area contributed by atoms with E-state index in [1.54, 1.807) is 0 Å². The highest BCUT2D eigenvalue weighted by atomic mass is 16.4. The molecule has 0 amide bonds. The van der Waals surface area contributed by atoms with Gasteiger partial charge in [0.15, 0.2) is 0 Å². The second-order valence-electron chi connectivity index (χ2n) is 7.39. The summed E-state index contributed by atoms with van der Waals surface area (Å²) < 4.78 is 0. The first kappa shape index (κ1) is 13.1. The van der Waals surface area contributed by atoms with Crippen molar-refractivity contribution in [3.8, 4) is 0 Å². The van der Waals surface area contributed by atoms with Crippen molar-refractivity contribution in [2.75, 3.05) is 0 Å². The van der Waals surface area contributed by atoms with E-state index in [-0.39, 0.29) is 28.2 Å². The quantitative estimate of drug-likeness (QED) is 0.673. The lowest BCUT2D eigenvalue weighted by Gasteiger charge is -2.55. The van der Waals surface area contributed by atoms with Gasteiger partial charge in [0.05, 0.1) is 17.8 Å². The van der Waals surface area contributed by atoms with E-state index in [0.29, 0.717) is 6.42 Å². The van der Waals surface area contributed by atoms with Crippen molar-refractivity contribution in [3.05, 3.63) is 11.1 Å². The van der Waals surface area contributed by atoms with E-state index in [1.807, 2.05) is 13.8 Å². The third-order valence-corrected chi connectivity index (χ3v) is 5.94. The molecule has 0 aromatic heterocycles. The first-order valence-corrected chi connectivity index (χ1v) is 7.03. The zero-order chi connectivity index (χ0) is 14.2. The van der Waals surface area contributed by atoms with Crippen molar-refractivity contribution < 1.29 is 20.1 Å². The van der Waals surface area contributed by atoms with Crippen LogP contribution in [-0.4, -0.2) is 33.5 Å². The number of aliphatic hydroxyl groups excluding tert-OH is 2. The molecule has 3 aliphatic rings. The molecule has 0 saturated heterocycles. The van der Waals surface area contributed by atoms with Gasteiger partial charge in [-0.3, -0.25) is 0 Å². The van der Waals surface area contributed by atoms with E-state index in [0.717, 1.165) is 18.4 Å². The number of hydrogen-bond acceptors (Lipinski definition) is 3. The van der Waals surface area contributed by atoms with Gasteiger partial charge in [0.25, 0.3) is 0 Å². The summed E-state index contributed by atoms with van der Waals surface area (Å²) in [6.45, 7) is 6.07. The minimum Gasteiger partial charge on any atom is -0.478 e. The van der Waals surface area contributed by atoms with Crippen LogP contribution in [0.25, 0.3) is 0 Å². The Bertz CT molecular complexity index is 479. The molecular weight excluding hydrogens is 244 g/mol. The lowest BCUT2D eigenvalue weighted by molar-refractivity contribution is -0.136. The van der Waals surface area contributed by atoms with Crippen LogP contribution in [0.3, 0.4) is 0 Å². The molecule has 0 spiro atoms. The van der Waals surface area contributed by atoms with E-state index < -0.39 is 18.2 Å². The minimum atomic E-state index is -0.994. The average molecular weight is 266 g/mol. The Kier molecular flexibility index (Phi) is 2.50. The molecule has 4 heteroatoms. The SMILES string of the molecule is CC1(C)C[C@@H]2[C@H]([C@@H]1O)[C@@]1(C)CCC1=C(C(=O)O)[C@H]2O. The fourth-order valence-corrected chi connectivity index (χ4v) is 4.81. The van der Waals surface area contributed by atoms with Crippen molar-refractivity contribution >= 4 is 5.97 Å². The predicted molar refractivity (Wildman–Crippen MR) is 69.4 cm³/mol. The monoisotopic (exact) mass is 266 g/mol. The molecule has 5 atom stereocenters. The summed E-state index contributed by atoms with van der Waals surface area (Å²) >= 11 is 0. The summed E-state index contributed by atoms with van der Waals surface area (Å²) in [6.07, 6.45) is 0.941. The third-order valence-electron chi connectivity index (χ3n) is 5.94. The van der Waals surface area contributed by atoms with Crippen LogP contribution in [0.5, 0.6) is 0 Å². The molecule has 4 nitrogen and oxygen atoms in total. The number of carboxylic acids is 1. The van der Waals surface area contributed by atoms with Crippen LogP contribution in [0.15, 0.2) is 11.1 Å². The molecular formula is C15H22O4. The number of aliphatic carboxylic acids is 1. The summed E-state index contributed by atoms with van der Waals surface area (Å²) in [4.78, 5) is 11.4. The molecule has 3 rings (SSSR count). The number of hydrogen-bond donors (Lipinski definition) is 3. The number of allylic oxidation sites excluding steroid dienone is 1. The topological polar surface area (TPSA) is 77.8 Å². The van der Waals surface area contributed by atoms with Crippen LogP contribution < -0.4 is 0 Å². The molecule has 0 aromatic carbocycles. The summed E-state index contributed by atoms with van der Waals surface area (Å²) in [5.74, 6) is -1.14. The van der Waals surface area contributed by atoms with Crippen molar-refractivity contribution in [3.63, 3.8) is 0 Å². The molecule has 0 heterocycles. The van der Waals surface area contributed by atoms with Gasteiger partial charge in [0.1, 0.15) is 0 Å². The number of fused-ring (bicyclic) bond motifs is 3. The smallest absolute Gasteiger partial charge is 0.334 e. The van der Waals surface area contributed by atoms with Crippen LogP contribution in [-0.2, 0) is 4.79 Å². The average Bonchev–Trinajstić information content (AvgIpc) is 2.53. The van der Waals surface area contributed by atoms with Gasteiger partial charge in [-0.05, 0) is 36.0 Å². The second kappa shape index (κ2) is 3.61. The number of rotatable bonds is 1. The molecule has 2 saturated carbocycles. The number of aliphatic hydroxyl groups is 2. The lowest BCUT2D eigenvalue weighted by Crippen LogP contribution is -2.53. The lowest BCUT2D eigenvalue weighted by atomic mass is 9.50. The van der Waals surface area contributed by atoms with Gasteiger partial charge in [-0.1, -0.05) is 26.3 Å². The molecule has 0 aliphatic heterocycles. The van der Waals surface area contributed by atoms with Gasteiger partial charge < -0.3 is 15.3 Å². The Morgan fingerprint density at radius 1 is 1.26 bits per heavy atom. The standard InChI is InChI=1S/C15H22O4/c1-14(2)6-7-10(12(14)17)15(3)5-4-8(15)9(11(7)16)13(18)19/h7,10-12,16-17H,4-6H2,1-3H3,(H,18,19)/t7-,10-,11+,12+,15+/m1/s1. The highest BCUT2D eigenvalue weighted by Crippen LogP contribution is 2.66. The van der Waals surface area contributed by atoms with Crippen LogP contribution in [0.4, 0.5) is 0 Å².